The van der Waals surface area contributed by atoms with Gasteiger partial charge in [-0.1, -0.05) is 20.8 Å². The molecule has 5 heteroatoms. The van der Waals surface area contributed by atoms with Crippen LogP contribution < -0.4 is 5.32 Å². The van der Waals surface area contributed by atoms with E-state index in [0.717, 1.165) is 10.7 Å². The van der Waals surface area contributed by atoms with E-state index in [1.807, 2.05) is 5.38 Å². The third-order valence-corrected chi connectivity index (χ3v) is 3.09. The third-order valence-electron chi connectivity index (χ3n) is 1.78. The highest BCUT2D eigenvalue weighted by Gasteiger charge is 2.17. The van der Waals surface area contributed by atoms with E-state index in [4.69, 9.17) is 5.11 Å². The molecule has 4 nitrogen and oxygen atoms in total. The number of hydrogen-bond donors (Lipinski definition) is 2. The summed E-state index contributed by atoms with van der Waals surface area (Å²) in [4.78, 5) is 14.7. The smallest absolute Gasteiger partial charge is 0.317 e. The van der Waals surface area contributed by atoms with E-state index in [2.05, 4.69) is 31.1 Å². The van der Waals surface area contributed by atoms with Crippen molar-refractivity contribution in [3.8, 4) is 0 Å². The lowest BCUT2D eigenvalue weighted by Gasteiger charge is -2.13. The van der Waals surface area contributed by atoms with Gasteiger partial charge in [0.2, 0.25) is 0 Å². The lowest BCUT2D eigenvalue weighted by Crippen LogP contribution is -2.22. The first-order chi connectivity index (χ1) is 6.89. The summed E-state index contributed by atoms with van der Waals surface area (Å²) in [6, 6.07) is 0. The number of nitrogens with zero attached hydrogens (tertiary/aromatic N) is 1. The van der Waals surface area contributed by atoms with E-state index >= 15 is 0 Å². The van der Waals surface area contributed by atoms with Gasteiger partial charge in [-0.15, -0.1) is 11.3 Å². The zero-order chi connectivity index (χ0) is 11.5. The highest BCUT2D eigenvalue weighted by molar-refractivity contribution is 7.09. The van der Waals surface area contributed by atoms with Crippen molar-refractivity contribution in [2.24, 2.45) is 0 Å². The first-order valence-electron chi connectivity index (χ1n) is 4.77. The van der Waals surface area contributed by atoms with Crippen molar-refractivity contribution in [1.82, 2.24) is 10.3 Å². The maximum Gasteiger partial charge on any atom is 0.317 e. The number of rotatable bonds is 4. The minimum atomic E-state index is -0.846. The summed E-state index contributed by atoms with van der Waals surface area (Å²) in [5.41, 5.74) is 0.974. The second-order valence-corrected chi connectivity index (χ2v) is 5.25. The molecule has 1 aromatic heterocycles. The van der Waals surface area contributed by atoms with Crippen LogP contribution in [-0.4, -0.2) is 22.6 Å². The predicted octanol–water partition coefficient (Wildman–Crippen LogP) is 1.61. The average Bonchev–Trinajstić information content (AvgIpc) is 2.51. The van der Waals surface area contributed by atoms with Crippen LogP contribution in [-0.2, 0) is 16.8 Å². The van der Waals surface area contributed by atoms with Gasteiger partial charge >= 0.3 is 5.97 Å². The Bertz CT molecular complexity index is 341. The van der Waals surface area contributed by atoms with Gasteiger partial charge in [-0.25, -0.2) is 4.98 Å². The molecule has 1 aromatic rings. The fraction of sp³-hybridized carbons (Fsp3) is 0.600. The predicted molar refractivity (Wildman–Crippen MR) is 60.2 cm³/mol. The van der Waals surface area contributed by atoms with Crippen molar-refractivity contribution in [1.29, 1.82) is 0 Å². The minimum absolute atomic E-state index is 0.0254. The quantitative estimate of drug-likeness (QED) is 0.822. The van der Waals surface area contributed by atoms with Crippen molar-refractivity contribution >= 4 is 17.3 Å². The Balaban J connectivity index is 2.50. The SMILES string of the molecule is CC(C)(C)c1nc(CNCC(=O)O)cs1. The molecular weight excluding hydrogens is 212 g/mol. The molecule has 0 saturated heterocycles. The Morgan fingerprint density at radius 2 is 2.27 bits per heavy atom. The monoisotopic (exact) mass is 228 g/mol. The van der Waals surface area contributed by atoms with E-state index in [1.165, 1.54) is 0 Å². The van der Waals surface area contributed by atoms with Crippen LogP contribution in [0.3, 0.4) is 0 Å². The summed E-state index contributed by atoms with van der Waals surface area (Å²) in [6.45, 7) is 6.82. The second kappa shape index (κ2) is 4.72. The maximum atomic E-state index is 10.3. The summed E-state index contributed by atoms with van der Waals surface area (Å²) in [6.07, 6.45) is 0. The molecule has 0 spiro atoms. The molecule has 0 fully saturated rings. The third kappa shape index (κ3) is 3.97. The molecule has 84 valence electrons. The molecule has 0 radical (unpaired) electrons. The Morgan fingerprint density at radius 1 is 1.60 bits per heavy atom. The van der Waals surface area contributed by atoms with E-state index < -0.39 is 5.97 Å². The largest absolute Gasteiger partial charge is 0.480 e. The van der Waals surface area contributed by atoms with Gasteiger partial charge < -0.3 is 10.4 Å². The molecule has 0 aliphatic heterocycles. The molecule has 0 saturated carbocycles. The van der Waals surface area contributed by atoms with Crippen LogP contribution in [0.1, 0.15) is 31.5 Å². The molecule has 0 aromatic carbocycles. The molecule has 2 N–H and O–H groups in total. The Hall–Kier alpha value is -0.940. The molecule has 0 aliphatic rings. The summed E-state index contributed by atoms with van der Waals surface area (Å²) in [5.74, 6) is -0.846. The fourth-order valence-corrected chi connectivity index (χ4v) is 1.94. The summed E-state index contributed by atoms with van der Waals surface area (Å²) >= 11 is 1.62. The van der Waals surface area contributed by atoms with Crippen LogP contribution in [0.15, 0.2) is 5.38 Å². The van der Waals surface area contributed by atoms with Gasteiger partial charge in [-0.2, -0.15) is 0 Å². The average molecular weight is 228 g/mol. The normalized spacial score (nSPS) is 11.7. The number of hydrogen-bond acceptors (Lipinski definition) is 4. The standard InChI is InChI=1S/C10H16N2O2S/c1-10(2,3)9-12-7(6-15-9)4-11-5-8(13)14/h6,11H,4-5H2,1-3H3,(H,13,14). The molecule has 0 atom stereocenters. The van der Waals surface area contributed by atoms with Crippen LogP contribution in [0.2, 0.25) is 0 Å². The van der Waals surface area contributed by atoms with Gasteiger partial charge in [0.05, 0.1) is 17.2 Å². The molecule has 1 heterocycles. The van der Waals surface area contributed by atoms with Crippen molar-refractivity contribution in [2.45, 2.75) is 32.7 Å². The Kier molecular flexibility index (Phi) is 3.82. The number of aromatic nitrogens is 1. The van der Waals surface area contributed by atoms with E-state index in [1.54, 1.807) is 11.3 Å². The van der Waals surface area contributed by atoms with Gasteiger partial charge in [0, 0.05) is 17.3 Å². The zero-order valence-corrected chi connectivity index (χ0v) is 10.0. The number of thiazole rings is 1. The second-order valence-electron chi connectivity index (χ2n) is 4.39. The van der Waals surface area contributed by atoms with Crippen molar-refractivity contribution in [3.05, 3.63) is 16.1 Å². The first-order valence-corrected chi connectivity index (χ1v) is 5.65. The van der Waals surface area contributed by atoms with Gasteiger partial charge in [-0.05, 0) is 0 Å². The molecule has 0 bridgehead atoms. The molecule has 0 aliphatic carbocycles. The van der Waals surface area contributed by atoms with Gasteiger partial charge in [0.1, 0.15) is 0 Å². The number of carboxylic acid groups (broad SMARTS) is 1. The first kappa shape index (κ1) is 12.1. The highest BCUT2D eigenvalue weighted by Crippen LogP contribution is 2.25. The van der Waals surface area contributed by atoms with Crippen LogP contribution in [0, 0.1) is 0 Å². The molecular formula is C10H16N2O2S. The van der Waals surface area contributed by atoms with Crippen LogP contribution >= 0.6 is 11.3 Å². The van der Waals surface area contributed by atoms with Crippen molar-refractivity contribution < 1.29 is 9.90 Å². The summed E-state index contributed by atoms with van der Waals surface area (Å²) in [5, 5.41) is 14.3. The number of nitrogens with one attached hydrogen (secondary N) is 1. The van der Waals surface area contributed by atoms with Gasteiger partial charge in [-0.3, -0.25) is 4.79 Å². The van der Waals surface area contributed by atoms with Crippen molar-refractivity contribution in [2.75, 3.05) is 6.54 Å². The van der Waals surface area contributed by atoms with Crippen LogP contribution in [0.4, 0.5) is 0 Å². The van der Waals surface area contributed by atoms with Crippen molar-refractivity contribution in [3.63, 3.8) is 0 Å². The van der Waals surface area contributed by atoms with E-state index in [-0.39, 0.29) is 12.0 Å². The molecule has 0 unspecified atom stereocenters. The number of carbonyl (C=O) groups is 1. The van der Waals surface area contributed by atoms with E-state index in [9.17, 15) is 4.79 Å². The molecule has 15 heavy (non-hydrogen) atoms. The summed E-state index contributed by atoms with van der Waals surface area (Å²) < 4.78 is 0. The lowest BCUT2D eigenvalue weighted by molar-refractivity contribution is -0.135. The Labute approximate surface area is 93.4 Å². The highest BCUT2D eigenvalue weighted by atomic mass is 32.1. The Morgan fingerprint density at radius 3 is 2.73 bits per heavy atom. The number of carboxylic acids is 1. The zero-order valence-electron chi connectivity index (χ0n) is 9.20. The van der Waals surface area contributed by atoms with Crippen LogP contribution in [0.5, 0.6) is 0 Å². The lowest BCUT2D eigenvalue weighted by atomic mass is 9.98. The topological polar surface area (TPSA) is 62.2 Å². The minimum Gasteiger partial charge on any atom is -0.480 e. The number of aliphatic carboxylic acids is 1. The van der Waals surface area contributed by atoms with Gasteiger partial charge in [0.25, 0.3) is 0 Å². The maximum absolute atomic E-state index is 10.3. The summed E-state index contributed by atoms with van der Waals surface area (Å²) in [7, 11) is 0. The van der Waals surface area contributed by atoms with Crippen LogP contribution in [0.25, 0.3) is 0 Å². The van der Waals surface area contributed by atoms with Gasteiger partial charge in [0.15, 0.2) is 0 Å². The molecule has 0 amide bonds. The fourth-order valence-electron chi connectivity index (χ4n) is 1.03. The molecule has 1 rings (SSSR count). The van der Waals surface area contributed by atoms with E-state index in [0.29, 0.717) is 6.54 Å².